The molecule has 1 aromatic rings. The van der Waals surface area contributed by atoms with E-state index in [1.54, 1.807) is 18.5 Å². The second-order valence-corrected chi connectivity index (χ2v) is 3.23. The molecule has 1 unspecified atom stereocenters. The van der Waals surface area contributed by atoms with Crippen LogP contribution in [-0.2, 0) is 4.74 Å². The highest BCUT2D eigenvalue weighted by atomic mass is 16.6. The highest BCUT2D eigenvalue weighted by molar-refractivity contribution is 5.69. The van der Waals surface area contributed by atoms with Crippen molar-refractivity contribution in [3.63, 3.8) is 0 Å². The van der Waals surface area contributed by atoms with Gasteiger partial charge in [-0.25, -0.2) is 4.79 Å². The third-order valence-electron chi connectivity index (χ3n) is 2.15. The lowest BCUT2D eigenvalue weighted by atomic mass is 10.1. The molecule has 0 N–H and O–H groups in total. The Hall–Kier alpha value is -1.58. The number of ether oxygens (including phenoxy) is 1. The van der Waals surface area contributed by atoms with Crippen molar-refractivity contribution in [1.29, 1.82) is 0 Å². The lowest BCUT2D eigenvalue weighted by Crippen LogP contribution is -2.22. The monoisotopic (exact) mass is 192 g/mol. The van der Waals surface area contributed by atoms with Gasteiger partial charge in [-0.1, -0.05) is 6.08 Å². The van der Waals surface area contributed by atoms with Gasteiger partial charge in [-0.15, -0.1) is 0 Å². The molecule has 74 valence electrons. The van der Waals surface area contributed by atoms with Crippen molar-refractivity contribution < 1.29 is 9.53 Å². The molecule has 0 aliphatic heterocycles. The summed E-state index contributed by atoms with van der Waals surface area (Å²) in [6.45, 7) is 0. The van der Waals surface area contributed by atoms with Crippen LogP contribution in [0.3, 0.4) is 0 Å². The Morgan fingerprint density at radius 1 is 1.57 bits per heavy atom. The first kappa shape index (κ1) is 8.99. The molecule has 0 amide bonds. The molecule has 1 atom stereocenters. The molecule has 0 saturated carbocycles. The van der Waals surface area contributed by atoms with Gasteiger partial charge in [-0.2, -0.15) is 9.78 Å². The Bertz CT molecular complexity index is 330. The van der Waals surface area contributed by atoms with Gasteiger partial charge in [0, 0.05) is 12.4 Å². The number of nitrogens with zero attached hydrogens (tertiary/aromatic N) is 2. The van der Waals surface area contributed by atoms with E-state index in [9.17, 15) is 4.79 Å². The van der Waals surface area contributed by atoms with Crippen LogP contribution in [0.25, 0.3) is 0 Å². The Kier molecular flexibility index (Phi) is 2.62. The smallest absolute Gasteiger partial charge is 0.435 e. The van der Waals surface area contributed by atoms with Crippen LogP contribution in [0, 0.1) is 0 Å². The minimum absolute atomic E-state index is 0.0829. The SMILES string of the molecule is O=C(OC1C=CCCC1)n1cccn1. The Labute approximate surface area is 82.2 Å². The van der Waals surface area contributed by atoms with E-state index >= 15 is 0 Å². The highest BCUT2D eigenvalue weighted by Crippen LogP contribution is 2.13. The van der Waals surface area contributed by atoms with Crippen LogP contribution >= 0.6 is 0 Å². The summed E-state index contributed by atoms with van der Waals surface area (Å²) in [5.74, 6) is 0. The second-order valence-electron chi connectivity index (χ2n) is 3.23. The van der Waals surface area contributed by atoms with Crippen molar-refractivity contribution >= 4 is 6.09 Å². The molecule has 0 saturated heterocycles. The minimum Gasteiger partial charge on any atom is -0.440 e. The number of carbonyl (C=O) groups excluding carboxylic acids is 1. The molecule has 14 heavy (non-hydrogen) atoms. The summed E-state index contributed by atoms with van der Waals surface area (Å²) in [5, 5.41) is 3.80. The predicted octanol–water partition coefficient (Wildman–Crippen LogP) is 1.98. The van der Waals surface area contributed by atoms with Crippen LogP contribution in [0.2, 0.25) is 0 Å². The number of hydrogen-bond acceptors (Lipinski definition) is 3. The molecule has 0 radical (unpaired) electrons. The van der Waals surface area contributed by atoms with Crippen LogP contribution in [0.5, 0.6) is 0 Å². The van der Waals surface area contributed by atoms with Crippen molar-refractivity contribution in [3.05, 3.63) is 30.6 Å². The third kappa shape index (κ3) is 2.02. The number of aromatic nitrogens is 2. The van der Waals surface area contributed by atoms with Gasteiger partial charge in [-0.3, -0.25) is 0 Å². The maximum Gasteiger partial charge on any atom is 0.435 e. The van der Waals surface area contributed by atoms with Gasteiger partial charge in [0.25, 0.3) is 0 Å². The van der Waals surface area contributed by atoms with E-state index in [-0.39, 0.29) is 6.10 Å². The Morgan fingerprint density at radius 2 is 2.50 bits per heavy atom. The molecule has 4 nitrogen and oxygen atoms in total. The van der Waals surface area contributed by atoms with Crippen molar-refractivity contribution in [2.24, 2.45) is 0 Å². The first-order chi connectivity index (χ1) is 6.86. The van der Waals surface area contributed by atoms with Crippen LogP contribution < -0.4 is 0 Å². The first-order valence-electron chi connectivity index (χ1n) is 4.73. The summed E-state index contributed by atoms with van der Waals surface area (Å²) < 4.78 is 6.41. The maximum atomic E-state index is 11.4. The zero-order chi connectivity index (χ0) is 9.80. The summed E-state index contributed by atoms with van der Waals surface area (Å²) in [6.07, 6.45) is 9.68. The molecule has 1 aliphatic carbocycles. The van der Waals surface area contributed by atoms with Crippen molar-refractivity contribution in [1.82, 2.24) is 9.78 Å². The van der Waals surface area contributed by atoms with E-state index in [4.69, 9.17) is 4.74 Å². The van der Waals surface area contributed by atoms with E-state index in [0.717, 1.165) is 19.3 Å². The van der Waals surface area contributed by atoms with Gasteiger partial charge in [-0.05, 0) is 31.4 Å². The molecule has 1 aliphatic rings. The third-order valence-corrected chi connectivity index (χ3v) is 2.15. The van der Waals surface area contributed by atoms with E-state index < -0.39 is 6.09 Å². The fraction of sp³-hybridized carbons (Fsp3) is 0.400. The van der Waals surface area contributed by atoms with Gasteiger partial charge in [0.05, 0.1) is 0 Å². The summed E-state index contributed by atoms with van der Waals surface area (Å²) in [5.41, 5.74) is 0. The van der Waals surface area contributed by atoms with Crippen molar-refractivity contribution in [2.45, 2.75) is 25.4 Å². The minimum atomic E-state index is -0.411. The molecule has 1 heterocycles. The van der Waals surface area contributed by atoms with Crippen LogP contribution in [0.15, 0.2) is 30.6 Å². The Morgan fingerprint density at radius 3 is 3.14 bits per heavy atom. The van der Waals surface area contributed by atoms with Gasteiger partial charge < -0.3 is 4.74 Å². The number of rotatable bonds is 1. The second kappa shape index (κ2) is 4.09. The number of carbonyl (C=O) groups is 1. The van der Waals surface area contributed by atoms with E-state index in [1.165, 1.54) is 4.68 Å². The highest BCUT2D eigenvalue weighted by Gasteiger charge is 2.14. The van der Waals surface area contributed by atoms with Gasteiger partial charge >= 0.3 is 6.09 Å². The molecular formula is C10H12N2O2. The maximum absolute atomic E-state index is 11.4. The zero-order valence-corrected chi connectivity index (χ0v) is 7.80. The standard InChI is InChI=1S/C10H12N2O2/c13-10(12-8-4-7-11-12)14-9-5-2-1-3-6-9/h2,4-5,7-9H,1,3,6H2. The van der Waals surface area contributed by atoms with Gasteiger partial charge in [0.1, 0.15) is 6.10 Å². The van der Waals surface area contributed by atoms with Gasteiger partial charge in [0.2, 0.25) is 0 Å². The number of allylic oxidation sites excluding steroid dienone is 1. The fourth-order valence-corrected chi connectivity index (χ4v) is 1.44. The largest absolute Gasteiger partial charge is 0.440 e. The normalized spacial score (nSPS) is 20.7. The van der Waals surface area contributed by atoms with Crippen LogP contribution in [-0.4, -0.2) is 22.0 Å². The average Bonchev–Trinajstić information content (AvgIpc) is 2.72. The topological polar surface area (TPSA) is 44.1 Å². The summed E-state index contributed by atoms with van der Waals surface area (Å²) in [4.78, 5) is 11.4. The Balaban J connectivity index is 1.94. The predicted molar refractivity (Wildman–Crippen MR) is 50.9 cm³/mol. The molecule has 4 heteroatoms. The molecule has 0 spiro atoms. The molecule has 1 aromatic heterocycles. The molecule has 2 rings (SSSR count). The molecule has 0 bridgehead atoms. The molecule has 0 fully saturated rings. The van der Waals surface area contributed by atoms with Crippen LogP contribution in [0.1, 0.15) is 19.3 Å². The van der Waals surface area contributed by atoms with E-state index in [1.807, 2.05) is 12.2 Å². The first-order valence-corrected chi connectivity index (χ1v) is 4.73. The lowest BCUT2D eigenvalue weighted by Gasteiger charge is -2.16. The quantitative estimate of drug-likeness (QED) is 0.639. The lowest BCUT2D eigenvalue weighted by molar-refractivity contribution is 0.111. The average molecular weight is 192 g/mol. The molecule has 0 aromatic carbocycles. The summed E-state index contributed by atoms with van der Waals surface area (Å²) in [6, 6.07) is 1.69. The van der Waals surface area contributed by atoms with Crippen LogP contribution in [0.4, 0.5) is 4.79 Å². The molecular weight excluding hydrogens is 180 g/mol. The fourth-order valence-electron chi connectivity index (χ4n) is 1.44. The van der Waals surface area contributed by atoms with E-state index in [0.29, 0.717) is 0 Å². The van der Waals surface area contributed by atoms with Gasteiger partial charge in [0.15, 0.2) is 0 Å². The van der Waals surface area contributed by atoms with Crippen molar-refractivity contribution in [3.8, 4) is 0 Å². The zero-order valence-electron chi connectivity index (χ0n) is 7.80. The van der Waals surface area contributed by atoms with Crippen molar-refractivity contribution in [2.75, 3.05) is 0 Å². The van der Waals surface area contributed by atoms with E-state index in [2.05, 4.69) is 5.10 Å². The summed E-state index contributed by atoms with van der Waals surface area (Å²) >= 11 is 0. The summed E-state index contributed by atoms with van der Waals surface area (Å²) in [7, 11) is 0. The number of hydrogen-bond donors (Lipinski definition) is 0.